The van der Waals surface area contributed by atoms with Crippen LogP contribution in [0.3, 0.4) is 0 Å². The Hall–Kier alpha value is -2.53. The molecular weight excluding hydrogens is 332 g/mol. The summed E-state index contributed by atoms with van der Waals surface area (Å²) >= 11 is 1.67. The van der Waals surface area contributed by atoms with Gasteiger partial charge in [0.05, 0.1) is 13.0 Å². The second-order valence-electron chi connectivity index (χ2n) is 5.82. The van der Waals surface area contributed by atoms with Crippen molar-refractivity contribution < 1.29 is 9.32 Å². The second kappa shape index (κ2) is 8.03. The van der Waals surface area contributed by atoms with E-state index in [1.54, 1.807) is 23.7 Å². The molecule has 0 aliphatic carbocycles. The second-order valence-corrected chi connectivity index (χ2v) is 6.70. The van der Waals surface area contributed by atoms with Crippen molar-refractivity contribution in [1.82, 2.24) is 10.1 Å². The predicted octanol–water partition coefficient (Wildman–Crippen LogP) is 4.26. The van der Waals surface area contributed by atoms with Gasteiger partial charge in [0.1, 0.15) is 5.69 Å². The first kappa shape index (κ1) is 17.3. The number of carbonyl (C=O) groups excluding carboxylic acids is 1. The Morgan fingerprint density at radius 2 is 1.92 bits per heavy atom. The Morgan fingerprint density at radius 3 is 2.68 bits per heavy atom. The van der Waals surface area contributed by atoms with Gasteiger partial charge in [-0.25, -0.2) is 0 Å². The molecule has 0 saturated heterocycles. The highest BCUT2D eigenvalue weighted by molar-refractivity contribution is 7.98. The van der Waals surface area contributed by atoms with E-state index in [1.165, 1.54) is 0 Å². The Kier molecular flexibility index (Phi) is 5.56. The van der Waals surface area contributed by atoms with Crippen LogP contribution in [0.4, 0.5) is 0 Å². The maximum atomic E-state index is 12.5. The third kappa shape index (κ3) is 4.51. The lowest BCUT2D eigenvalue weighted by Crippen LogP contribution is -2.27. The smallest absolute Gasteiger partial charge is 0.227 e. The lowest BCUT2D eigenvalue weighted by Gasteiger charge is -2.15. The molecule has 0 fully saturated rings. The van der Waals surface area contributed by atoms with E-state index < -0.39 is 0 Å². The normalized spacial score (nSPS) is 10.6. The third-order valence-electron chi connectivity index (χ3n) is 3.94. The van der Waals surface area contributed by atoms with Crippen LogP contribution in [0.5, 0.6) is 0 Å². The molecule has 0 radical (unpaired) electrons. The van der Waals surface area contributed by atoms with Crippen LogP contribution in [0.1, 0.15) is 11.3 Å². The fraction of sp³-hybridized carbons (Fsp3) is 0.200. The van der Waals surface area contributed by atoms with E-state index in [0.29, 0.717) is 18.7 Å². The summed E-state index contributed by atoms with van der Waals surface area (Å²) < 4.78 is 5.38. The van der Waals surface area contributed by atoms with Gasteiger partial charge in [-0.15, -0.1) is 11.8 Å². The van der Waals surface area contributed by atoms with Crippen molar-refractivity contribution in [1.29, 1.82) is 0 Å². The molecule has 25 heavy (non-hydrogen) atoms. The van der Waals surface area contributed by atoms with Gasteiger partial charge in [-0.05, 0) is 24.0 Å². The van der Waals surface area contributed by atoms with E-state index in [1.807, 2.05) is 60.9 Å². The average Bonchev–Trinajstić information content (AvgIpc) is 3.11. The van der Waals surface area contributed by atoms with E-state index in [0.717, 1.165) is 21.7 Å². The van der Waals surface area contributed by atoms with Gasteiger partial charge in [0.25, 0.3) is 0 Å². The summed E-state index contributed by atoms with van der Waals surface area (Å²) in [5.74, 6) is 0.725. The topological polar surface area (TPSA) is 46.3 Å². The van der Waals surface area contributed by atoms with Crippen molar-refractivity contribution >= 4 is 17.7 Å². The molecule has 128 valence electrons. The first-order valence-electron chi connectivity index (χ1n) is 8.03. The van der Waals surface area contributed by atoms with Crippen molar-refractivity contribution in [2.24, 2.45) is 0 Å². The molecule has 0 N–H and O–H groups in total. The quantitative estimate of drug-likeness (QED) is 0.622. The zero-order valence-electron chi connectivity index (χ0n) is 14.3. The van der Waals surface area contributed by atoms with Crippen molar-refractivity contribution in [3.63, 3.8) is 0 Å². The Bertz CT molecular complexity index is 846. The van der Waals surface area contributed by atoms with Crippen molar-refractivity contribution in [2.75, 3.05) is 13.3 Å². The number of rotatable bonds is 6. The number of benzene rings is 2. The number of likely N-dealkylation sites (N-methyl/N-ethyl adjacent to an activating group) is 1. The number of hydrogen-bond donors (Lipinski definition) is 0. The highest BCUT2D eigenvalue weighted by Crippen LogP contribution is 2.20. The first-order valence-corrected chi connectivity index (χ1v) is 9.26. The van der Waals surface area contributed by atoms with Gasteiger partial charge in [-0.2, -0.15) is 0 Å². The van der Waals surface area contributed by atoms with Crippen LogP contribution >= 0.6 is 11.8 Å². The van der Waals surface area contributed by atoms with Gasteiger partial charge in [-0.3, -0.25) is 4.79 Å². The van der Waals surface area contributed by atoms with Gasteiger partial charge in [0.15, 0.2) is 5.76 Å². The summed E-state index contributed by atoms with van der Waals surface area (Å²) in [7, 11) is 1.78. The minimum atomic E-state index is 0.0518. The zero-order valence-corrected chi connectivity index (χ0v) is 15.1. The molecule has 1 aromatic heterocycles. The number of hydrogen-bond acceptors (Lipinski definition) is 4. The number of aromatic nitrogens is 1. The van der Waals surface area contributed by atoms with Crippen molar-refractivity contribution in [2.45, 2.75) is 17.9 Å². The number of thioether (sulfide) groups is 1. The van der Waals surface area contributed by atoms with E-state index in [2.05, 4.69) is 11.2 Å². The predicted molar refractivity (Wildman–Crippen MR) is 100 cm³/mol. The number of nitrogens with zero attached hydrogens (tertiary/aromatic N) is 2. The van der Waals surface area contributed by atoms with Crippen molar-refractivity contribution in [3.05, 3.63) is 72.0 Å². The fourth-order valence-corrected chi connectivity index (χ4v) is 3.03. The molecule has 0 aliphatic rings. The molecule has 0 atom stereocenters. The van der Waals surface area contributed by atoms with E-state index in [-0.39, 0.29) is 5.91 Å². The Balaban J connectivity index is 1.62. The monoisotopic (exact) mass is 352 g/mol. The van der Waals surface area contributed by atoms with E-state index in [9.17, 15) is 4.79 Å². The molecule has 0 unspecified atom stereocenters. The van der Waals surface area contributed by atoms with Crippen LogP contribution in [-0.4, -0.2) is 29.3 Å². The minimum absolute atomic E-state index is 0.0518. The van der Waals surface area contributed by atoms with E-state index >= 15 is 0 Å². The molecule has 4 nitrogen and oxygen atoms in total. The highest BCUT2D eigenvalue weighted by atomic mass is 32.2. The van der Waals surface area contributed by atoms with Gasteiger partial charge in [0, 0.05) is 23.6 Å². The molecule has 3 aromatic rings. The van der Waals surface area contributed by atoms with Crippen LogP contribution in [0.2, 0.25) is 0 Å². The molecule has 1 amide bonds. The number of amides is 1. The lowest BCUT2D eigenvalue weighted by molar-refractivity contribution is -0.129. The van der Waals surface area contributed by atoms with Crippen LogP contribution in [0, 0.1) is 0 Å². The van der Waals surface area contributed by atoms with Crippen LogP contribution < -0.4 is 0 Å². The molecule has 0 aliphatic heterocycles. The van der Waals surface area contributed by atoms with Gasteiger partial charge in [0.2, 0.25) is 5.91 Å². The summed E-state index contributed by atoms with van der Waals surface area (Å²) in [6, 6.07) is 19.8. The molecular formula is C20H20N2O2S. The summed E-state index contributed by atoms with van der Waals surface area (Å²) in [6.45, 7) is 0.404. The van der Waals surface area contributed by atoms with Crippen molar-refractivity contribution in [3.8, 4) is 11.3 Å². The number of carbonyl (C=O) groups is 1. The zero-order chi connectivity index (χ0) is 17.6. The van der Waals surface area contributed by atoms with Crippen LogP contribution in [0.15, 0.2) is 70.1 Å². The minimum Gasteiger partial charge on any atom is -0.359 e. The van der Waals surface area contributed by atoms with E-state index in [4.69, 9.17) is 4.52 Å². The molecule has 3 rings (SSSR count). The SMILES string of the molecule is CSc1cccc(CC(=O)N(C)Cc2cc(-c3ccccc3)no2)c1. The van der Waals surface area contributed by atoms with Gasteiger partial charge < -0.3 is 9.42 Å². The summed E-state index contributed by atoms with van der Waals surface area (Å²) in [5, 5.41) is 4.09. The third-order valence-corrected chi connectivity index (χ3v) is 4.66. The Morgan fingerprint density at radius 1 is 1.12 bits per heavy atom. The summed E-state index contributed by atoms with van der Waals surface area (Å²) in [6.07, 6.45) is 2.41. The molecule has 0 saturated carbocycles. The maximum Gasteiger partial charge on any atom is 0.227 e. The fourth-order valence-electron chi connectivity index (χ4n) is 2.55. The molecule has 5 heteroatoms. The molecule has 1 heterocycles. The van der Waals surface area contributed by atoms with Crippen LogP contribution in [0.25, 0.3) is 11.3 Å². The molecule has 0 spiro atoms. The van der Waals surface area contributed by atoms with Gasteiger partial charge >= 0.3 is 0 Å². The average molecular weight is 352 g/mol. The van der Waals surface area contributed by atoms with Gasteiger partial charge in [-0.1, -0.05) is 47.6 Å². The maximum absolute atomic E-state index is 12.5. The Labute approximate surface area is 151 Å². The van der Waals surface area contributed by atoms with Crippen LogP contribution in [-0.2, 0) is 17.8 Å². The lowest BCUT2D eigenvalue weighted by atomic mass is 10.1. The largest absolute Gasteiger partial charge is 0.359 e. The molecule has 0 bridgehead atoms. The molecule has 2 aromatic carbocycles. The summed E-state index contributed by atoms with van der Waals surface area (Å²) in [5.41, 5.74) is 2.80. The highest BCUT2D eigenvalue weighted by Gasteiger charge is 2.14. The first-order chi connectivity index (χ1) is 12.2. The standard InChI is InChI=1S/C20H20N2O2S/c1-22(20(23)12-15-7-6-10-18(11-15)25-2)14-17-13-19(21-24-17)16-8-4-3-5-9-16/h3-11,13H,12,14H2,1-2H3. The summed E-state index contributed by atoms with van der Waals surface area (Å²) in [4.78, 5) is 15.3.